The molecule has 0 bridgehead atoms. The third-order valence-corrected chi connectivity index (χ3v) is 2.59. The lowest BCUT2D eigenvalue weighted by Crippen LogP contribution is -2.19. The number of amidine groups is 1. The Bertz CT molecular complexity index is 486. The van der Waals surface area contributed by atoms with Crippen LogP contribution >= 0.6 is 0 Å². The number of hydrogen-bond donors (Lipinski definition) is 1. The Morgan fingerprint density at radius 2 is 2.21 bits per heavy atom. The number of rotatable bonds is 5. The van der Waals surface area contributed by atoms with Crippen LogP contribution in [0.25, 0.3) is 0 Å². The van der Waals surface area contributed by atoms with Crippen molar-refractivity contribution in [3.63, 3.8) is 0 Å². The highest BCUT2D eigenvalue weighted by atomic mass is 19.1. The number of carbonyl (C=O) groups excluding carboxylic acids is 1. The molecular weight excluding hydrogens is 247 g/mol. The first kappa shape index (κ1) is 15.1. The Balaban J connectivity index is 2.79. The van der Waals surface area contributed by atoms with Crippen molar-refractivity contribution in [2.75, 3.05) is 6.61 Å². The maximum atomic E-state index is 13.7. The highest BCUT2D eigenvalue weighted by Gasteiger charge is 2.12. The average molecular weight is 266 g/mol. The van der Waals surface area contributed by atoms with Crippen LogP contribution in [0.2, 0.25) is 0 Å². The molecule has 0 aliphatic heterocycles. The summed E-state index contributed by atoms with van der Waals surface area (Å²) < 4.78 is 18.4. The van der Waals surface area contributed by atoms with Crippen LogP contribution in [0.5, 0.6) is 0 Å². The van der Waals surface area contributed by atoms with Crippen LogP contribution in [0.1, 0.15) is 37.4 Å². The third kappa shape index (κ3) is 4.69. The summed E-state index contributed by atoms with van der Waals surface area (Å²) in [6.07, 6.45) is -0.0778. The van der Waals surface area contributed by atoms with Crippen LogP contribution in [0, 0.1) is 12.7 Å². The molecule has 0 unspecified atom stereocenters. The van der Waals surface area contributed by atoms with Gasteiger partial charge < -0.3 is 10.5 Å². The van der Waals surface area contributed by atoms with Crippen molar-refractivity contribution in [1.82, 2.24) is 0 Å². The van der Waals surface area contributed by atoms with E-state index in [0.29, 0.717) is 12.2 Å². The molecule has 104 valence electrons. The maximum Gasteiger partial charge on any atom is 0.313 e. The monoisotopic (exact) mass is 266 g/mol. The lowest BCUT2D eigenvalue weighted by atomic mass is 10.1. The maximum absolute atomic E-state index is 13.7. The van der Waals surface area contributed by atoms with Crippen LogP contribution in [0.4, 0.5) is 4.39 Å². The smallest absolute Gasteiger partial charge is 0.313 e. The fourth-order valence-electron chi connectivity index (χ4n) is 1.71. The summed E-state index contributed by atoms with van der Waals surface area (Å²) in [5, 5.41) is 0. The molecule has 0 aliphatic carbocycles. The summed E-state index contributed by atoms with van der Waals surface area (Å²) >= 11 is 0. The number of nitrogens with two attached hydrogens (primary N) is 1. The van der Waals surface area contributed by atoms with E-state index in [0.717, 1.165) is 5.56 Å². The molecule has 0 aliphatic rings. The fraction of sp³-hybridized carbons (Fsp3) is 0.429. The summed E-state index contributed by atoms with van der Waals surface area (Å²) in [6.45, 7) is 5.63. The normalized spacial score (nSPS) is 13.2. The zero-order valence-corrected chi connectivity index (χ0v) is 11.4. The van der Waals surface area contributed by atoms with Crippen molar-refractivity contribution >= 4 is 11.8 Å². The van der Waals surface area contributed by atoms with Crippen LogP contribution in [-0.4, -0.2) is 18.4 Å². The van der Waals surface area contributed by atoms with Gasteiger partial charge in [-0.1, -0.05) is 17.7 Å². The Hall–Kier alpha value is -1.91. The molecule has 0 saturated carbocycles. The van der Waals surface area contributed by atoms with Gasteiger partial charge in [-0.05, 0) is 26.8 Å². The first-order valence-electron chi connectivity index (χ1n) is 6.17. The van der Waals surface area contributed by atoms with Gasteiger partial charge in [0, 0.05) is 5.56 Å². The highest BCUT2D eigenvalue weighted by Crippen LogP contribution is 2.21. The van der Waals surface area contributed by atoms with Gasteiger partial charge in [0.1, 0.15) is 18.1 Å². The van der Waals surface area contributed by atoms with Gasteiger partial charge in [0.05, 0.1) is 12.6 Å². The number of aryl methyl sites for hydroxylation is 1. The lowest BCUT2D eigenvalue weighted by Gasteiger charge is -2.10. The second kappa shape index (κ2) is 6.87. The van der Waals surface area contributed by atoms with E-state index in [1.54, 1.807) is 26.0 Å². The van der Waals surface area contributed by atoms with E-state index in [2.05, 4.69) is 4.99 Å². The van der Waals surface area contributed by atoms with Crippen molar-refractivity contribution in [2.24, 2.45) is 10.7 Å². The molecule has 1 atom stereocenters. The minimum atomic E-state index is -0.436. The standard InChI is InChI=1S/C14H19FN2O2/c1-4-19-14(18)8-13(16)17-10(3)11-7-9(2)5-6-12(11)15/h5-7,10H,4,8H2,1-3H3,(H2,16,17)/t10-/m0/s1. The van der Waals surface area contributed by atoms with Gasteiger partial charge in [-0.25, -0.2) is 4.39 Å². The van der Waals surface area contributed by atoms with E-state index in [9.17, 15) is 9.18 Å². The molecule has 1 rings (SSSR count). The molecule has 0 aromatic heterocycles. The molecule has 5 heteroatoms. The molecule has 0 heterocycles. The molecule has 19 heavy (non-hydrogen) atoms. The van der Waals surface area contributed by atoms with E-state index in [1.807, 2.05) is 6.92 Å². The van der Waals surface area contributed by atoms with Gasteiger partial charge in [-0.3, -0.25) is 9.79 Å². The second-order valence-corrected chi connectivity index (χ2v) is 4.30. The number of hydrogen-bond acceptors (Lipinski definition) is 3. The summed E-state index contributed by atoms with van der Waals surface area (Å²) in [5.41, 5.74) is 7.07. The van der Waals surface area contributed by atoms with E-state index in [1.165, 1.54) is 6.07 Å². The van der Waals surface area contributed by atoms with E-state index < -0.39 is 12.0 Å². The highest BCUT2D eigenvalue weighted by molar-refractivity contribution is 5.96. The fourth-order valence-corrected chi connectivity index (χ4v) is 1.71. The zero-order valence-electron chi connectivity index (χ0n) is 11.4. The summed E-state index contributed by atoms with van der Waals surface area (Å²) in [6, 6.07) is 4.38. The molecule has 0 spiro atoms. The quantitative estimate of drug-likeness (QED) is 0.506. The largest absolute Gasteiger partial charge is 0.466 e. The van der Waals surface area contributed by atoms with Gasteiger partial charge in [0.15, 0.2) is 0 Å². The minimum Gasteiger partial charge on any atom is -0.466 e. The number of carbonyl (C=O) groups is 1. The summed E-state index contributed by atoms with van der Waals surface area (Å²) in [4.78, 5) is 15.4. The molecule has 0 fully saturated rings. The first-order valence-corrected chi connectivity index (χ1v) is 6.17. The number of aliphatic imine (C=N–C) groups is 1. The molecule has 1 aromatic rings. The van der Waals surface area contributed by atoms with Crippen molar-refractivity contribution in [3.8, 4) is 0 Å². The van der Waals surface area contributed by atoms with E-state index >= 15 is 0 Å². The molecule has 4 nitrogen and oxygen atoms in total. The SMILES string of the molecule is CCOC(=O)CC(N)=N[C@@H](C)c1cc(C)ccc1F. The summed E-state index contributed by atoms with van der Waals surface area (Å²) in [5.74, 6) is -0.613. The molecule has 0 saturated heterocycles. The average Bonchev–Trinajstić information content (AvgIpc) is 2.32. The van der Waals surface area contributed by atoms with Crippen molar-refractivity contribution in [2.45, 2.75) is 33.2 Å². The molecule has 0 radical (unpaired) electrons. The Kier molecular flexibility index (Phi) is 5.48. The lowest BCUT2D eigenvalue weighted by molar-refractivity contribution is -0.141. The molecular formula is C14H19FN2O2. The molecule has 1 aromatic carbocycles. The van der Waals surface area contributed by atoms with Gasteiger partial charge in [-0.2, -0.15) is 0 Å². The topological polar surface area (TPSA) is 64.7 Å². The molecule has 2 N–H and O–H groups in total. The van der Waals surface area contributed by atoms with Gasteiger partial charge in [-0.15, -0.1) is 0 Å². The van der Waals surface area contributed by atoms with Gasteiger partial charge in [0.2, 0.25) is 0 Å². The van der Waals surface area contributed by atoms with Crippen molar-refractivity contribution in [1.29, 1.82) is 0 Å². The van der Waals surface area contributed by atoms with Crippen LogP contribution in [0.3, 0.4) is 0 Å². The zero-order chi connectivity index (χ0) is 14.4. The number of ether oxygens (including phenoxy) is 1. The number of esters is 1. The molecule has 0 amide bonds. The van der Waals surface area contributed by atoms with Crippen LogP contribution in [-0.2, 0) is 9.53 Å². The predicted molar refractivity (Wildman–Crippen MR) is 72.4 cm³/mol. The Morgan fingerprint density at radius 3 is 2.84 bits per heavy atom. The minimum absolute atomic E-state index is 0.0778. The Labute approximate surface area is 112 Å². The number of nitrogens with zero attached hydrogens (tertiary/aromatic N) is 1. The van der Waals surface area contributed by atoms with Crippen LogP contribution in [0.15, 0.2) is 23.2 Å². The van der Waals surface area contributed by atoms with E-state index in [4.69, 9.17) is 10.5 Å². The summed E-state index contributed by atoms with van der Waals surface area (Å²) in [7, 11) is 0. The number of halogens is 1. The second-order valence-electron chi connectivity index (χ2n) is 4.30. The van der Waals surface area contributed by atoms with Gasteiger partial charge in [0.25, 0.3) is 0 Å². The van der Waals surface area contributed by atoms with Crippen LogP contribution < -0.4 is 5.73 Å². The van der Waals surface area contributed by atoms with Gasteiger partial charge >= 0.3 is 5.97 Å². The number of benzene rings is 1. The van der Waals surface area contributed by atoms with Crippen molar-refractivity contribution < 1.29 is 13.9 Å². The third-order valence-electron chi connectivity index (χ3n) is 2.59. The van der Waals surface area contributed by atoms with E-state index in [-0.39, 0.29) is 18.1 Å². The first-order chi connectivity index (χ1) is 8.93. The van der Waals surface area contributed by atoms with Crippen molar-refractivity contribution in [3.05, 3.63) is 35.1 Å². The Morgan fingerprint density at radius 1 is 1.53 bits per heavy atom. The predicted octanol–water partition coefficient (Wildman–Crippen LogP) is 2.51.